The molecule has 0 N–H and O–H groups in total. The fourth-order valence-corrected chi connectivity index (χ4v) is 3.65. The van der Waals surface area contributed by atoms with Crippen LogP contribution in [0, 0.1) is 5.92 Å². The van der Waals surface area contributed by atoms with Crippen LogP contribution in [0.15, 0.2) is 30.3 Å². The van der Waals surface area contributed by atoms with Crippen molar-refractivity contribution >= 4 is 12.0 Å². The maximum atomic E-state index is 12.8. The van der Waals surface area contributed by atoms with Gasteiger partial charge in [-0.25, -0.2) is 4.79 Å². The highest BCUT2D eigenvalue weighted by atomic mass is 16.6. The zero-order valence-corrected chi connectivity index (χ0v) is 18.3. The van der Waals surface area contributed by atoms with E-state index < -0.39 is 5.60 Å². The number of benzene rings is 1. The van der Waals surface area contributed by atoms with Gasteiger partial charge in [0, 0.05) is 33.1 Å². The third kappa shape index (κ3) is 6.54. The van der Waals surface area contributed by atoms with Crippen LogP contribution in [0.2, 0.25) is 0 Å². The van der Waals surface area contributed by atoms with Gasteiger partial charge in [-0.2, -0.15) is 0 Å². The topological polar surface area (TPSA) is 49.9 Å². The number of piperidine rings is 1. The van der Waals surface area contributed by atoms with E-state index in [0.717, 1.165) is 25.9 Å². The summed E-state index contributed by atoms with van der Waals surface area (Å²) in [6.45, 7) is 12.1. The molecule has 0 saturated carbocycles. The SMILES string of the molecule is CN(CC1CCN(C(=O)CC(C)(C)c2ccccc2)CC1)C(=O)OC(C)(C)C. The lowest BCUT2D eigenvalue weighted by molar-refractivity contribution is -0.133. The van der Waals surface area contributed by atoms with E-state index >= 15 is 0 Å². The van der Waals surface area contributed by atoms with Crippen molar-refractivity contribution < 1.29 is 14.3 Å². The van der Waals surface area contributed by atoms with Crippen molar-refractivity contribution in [1.29, 1.82) is 0 Å². The first-order chi connectivity index (χ1) is 13.0. The average Bonchev–Trinajstić information content (AvgIpc) is 2.61. The lowest BCUT2D eigenvalue weighted by Crippen LogP contribution is -2.44. The second-order valence-electron chi connectivity index (χ2n) is 9.61. The molecular weight excluding hydrogens is 352 g/mol. The second-order valence-corrected chi connectivity index (χ2v) is 9.61. The Balaban J connectivity index is 1.81. The van der Waals surface area contributed by atoms with E-state index in [1.54, 1.807) is 11.9 Å². The molecule has 5 heteroatoms. The third-order valence-electron chi connectivity index (χ3n) is 5.35. The summed E-state index contributed by atoms with van der Waals surface area (Å²) in [4.78, 5) is 28.6. The Bertz CT molecular complexity index is 656. The number of rotatable bonds is 5. The summed E-state index contributed by atoms with van der Waals surface area (Å²) in [7, 11) is 1.79. The number of nitrogens with zero attached hydrogens (tertiary/aromatic N) is 2. The first-order valence-corrected chi connectivity index (χ1v) is 10.3. The predicted octanol–water partition coefficient (Wildman–Crippen LogP) is 4.46. The highest BCUT2D eigenvalue weighted by Gasteiger charge is 2.30. The molecule has 2 amide bonds. The van der Waals surface area contributed by atoms with Crippen molar-refractivity contribution in [3.63, 3.8) is 0 Å². The Morgan fingerprint density at radius 1 is 1.07 bits per heavy atom. The number of amides is 2. The molecule has 1 heterocycles. The van der Waals surface area contributed by atoms with E-state index in [2.05, 4.69) is 26.0 Å². The van der Waals surface area contributed by atoms with Gasteiger partial charge in [0.1, 0.15) is 5.60 Å². The molecule has 0 aliphatic carbocycles. The molecule has 0 atom stereocenters. The molecule has 0 aromatic heterocycles. The summed E-state index contributed by atoms with van der Waals surface area (Å²) >= 11 is 0. The van der Waals surface area contributed by atoms with Crippen molar-refractivity contribution in [2.45, 2.75) is 64.9 Å². The smallest absolute Gasteiger partial charge is 0.410 e. The Morgan fingerprint density at radius 3 is 2.18 bits per heavy atom. The Labute approximate surface area is 170 Å². The molecule has 0 bridgehead atoms. The molecule has 1 aliphatic rings. The van der Waals surface area contributed by atoms with Crippen LogP contribution in [0.1, 0.15) is 59.4 Å². The maximum Gasteiger partial charge on any atom is 0.410 e. The molecule has 1 saturated heterocycles. The van der Waals surface area contributed by atoms with Gasteiger partial charge in [-0.15, -0.1) is 0 Å². The molecule has 5 nitrogen and oxygen atoms in total. The van der Waals surface area contributed by atoms with Crippen LogP contribution in [0.3, 0.4) is 0 Å². The summed E-state index contributed by atoms with van der Waals surface area (Å²) in [6, 6.07) is 10.2. The number of carbonyl (C=O) groups is 2. The van der Waals surface area contributed by atoms with Gasteiger partial charge in [-0.1, -0.05) is 44.2 Å². The normalized spacial score (nSPS) is 16.0. The van der Waals surface area contributed by atoms with Gasteiger partial charge >= 0.3 is 6.09 Å². The number of hydrogen-bond donors (Lipinski definition) is 0. The van der Waals surface area contributed by atoms with Crippen LogP contribution < -0.4 is 0 Å². The molecular formula is C23H36N2O3. The zero-order valence-electron chi connectivity index (χ0n) is 18.3. The number of hydrogen-bond acceptors (Lipinski definition) is 3. The van der Waals surface area contributed by atoms with Crippen LogP contribution in [0.4, 0.5) is 4.79 Å². The molecule has 1 aromatic rings. The molecule has 28 heavy (non-hydrogen) atoms. The quantitative estimate of drug-likeness (QED) is 0.748. The van der Waals surface area contributed by atoms with E-state index in [-0.39, 0.29) is 17.4 Å². The van der Waals surface area contributed by atoms with Gasteiger partial charge in [0.2, 0.25) is 5.91 Å². The first-order valence-electron chi connectivity index (χ1n) is 10.3. The Hall–Kier alpha value is -2.04. The van der Waals surface area contributed by atoms with Crippen LogP contribution >= 0.6 is 0 Å². The van der Waals surface area contributed by atoms with Gasteiger partial charge in [-0.05, 0) is 50.5 Å². The van der Waals surface area contributed by atoms with Crippen molar-refractivity contribution in [1.82, 2.24) is 9.80 Å². The van der Waals surface area contributed by atoms with Gasteiger partial charge in [-0.3, -0.25) is 4.79 Å². The van der Waals surface area contributed by atoms with E-state index in [0.29, 0.717) is 18.9 Å². The van der Waals surface area contributed by atoms with Crippen molar-refractivity contribution in [2.75, 3.05) is 26.7 Å². The summed E-state index contributed by atoms with van der Waals surface area (Å²) in [5.74, 6) is 0.622. The zero-order chi connectivity index (χ0) is 20.9. The number of likely N-dealkylation sites (tertiary alicyclic amines) is 1. The fourth-order valence-electron chi connectivity index (χ4n) is 3.65. The monoisotopic (exact) mass is 388 g/mol. The second kappa shape index (κ2) is 8.97. The molecule has 1 aliphatic heterocycles. The largest absolute Gasteiger partial charge is 0.444 e. The minimum Gasteiger partial charge on any atom is -0.444 e. The van der Waals surface area contributed by atoms with E-state index in [1.165, 1.54) is 5.56 Å². The first kappa shape index (κ1) is 22.3. The highest BCUT2D eigenvalue weighted by Crippen LogP contribution is 2.29. The van der Waals surface area contributed by atoms with Crippen LogP contribution in [0.5, 0.6) is 0 Å². The highest BCUT2D eigenvalue weighted by molar-refractivity contribution is 5.77. The summed E-state index contributed by atoms with van der Waals surface area (Å²) in [6.07, 6.45) is 2.07. The van der Waals surface area contributed by atoms with Gasteiger partial charge in [0.25, 0.3) is 0 Å². The molecule has 156 valence electrons. The fraction of sp³-hybridized carbons (Fsp3) is 0.652. The minimum atomic E-state index is -0.479. The molecule has 1 fully saturated rings. The molecule has 2 rings (SSSR count). The van der Waals surface area contributed by atoms with Crippen LogP contribution in [-0.2, 0) is 14.9 Å². The lowest BCUT2D eigenvalue weighted by atomic mass is 9.81. The summed E-state index contributed by atoms with van der Waals surface area (Å²) in [5, 5.41) is 0. The van der Waals surface area contributed by atoms with E-state index in [1.807, 2.05) is 43.9 Å². The lowest BCUT2D eigenvalue weighted by Gasteiger charge is -2.36. The van der Waals surface area contributed by atoms with Gasteiger partial charge in [0.15, 0.2) is 0 Å². The standard InChI is InChI=1S/C23H36N2O3/c1-22(2,3)28-21(27)24(6)17-18-12-14-25(15-13-18)20(26)16-23(4,5)19-10-8-7-9-11-19/h7-11,18H,12-17H2,1-6H3. The number of carbonyl (C=O) groups excluding carboxylic acids is 2. The van der Waals surface area contributed by atoms with Crippen LogP contribution in [-0.4, -0.2) is 54.1 Å². The molecule has 0 unspecified atom stereocenters. The van der Waals surface area contributed by atoms with E-state index in [9.17, 15) is 9.59 Å². The summed E-state index contributed by atoms with van der Waals surface area (Å²) < 4.78 is 5.42. The number of ether oxygens (including phenoxy) is 1. The third-order valence-corrected chi connectivity index (χ3v) is 5.35. The maximum absolute atomic E-state index is 12.8. The van der Waals surface area contributed by atoms with E-state index in [4.69, 9.17) is 4.74 Å². The van der Waals surface area contributed by atoms with Crippen molar-refractivity contribution in [3.05, 3.63) is 35.9 Å². The molecule has 0 spiro atoms. The van der Waals surface area contributed by atoms with Crippen molar-refractivity contribution in [2.24, 2.45) is 5.92 Å². The molecule has 0 radical (unpaired) electrons. The van der Waals surface area contributed by atoms with Gasteiger partial charge < -0.3 is 14.5 Å². The van der Waals surface area contributed by atoms with Gasteiger partial charge in [0.05, 0.1) is 0 Å². The van der Waals surface area contributed by atoms with Crippen LogP contribution in [0.25, 0.3) is 0 Å². The predicted molar refractivity (Wildman–Crippen MR) is 112 cm³/mol. The average molecular weight is 389 g/mol. The van der Waals surface area contributed by atoms with Crippen molar-refractivity contribution in [3.8, 4) is 0 Å². The summed E-state index contributed by atoms with van der Waals surface area (Å²) in [5.41, 5.74) is 0.538. The molecule has 1 aromatic carbocycles. The Kier molecular flexibility index (Phi) is 7.13. The minimum absolute atomic E-state index is 0.174. The Morgan fingerprint density at radius 2 is 1.64 bits per heavy atom.